The van der Waals surface area contributed by atoms with Crippen molar-refractivity contribution in [3.63, 3.8) is 0 Å². The minimum Gasteiger partial charge on any atom is -0.331 e. The van der Waals surface area contributed by atoms with Crippen molar-refractivity contribution in [3.05, 3.63) is 36.7 Å². The van der Waals surface area contributed by atoms with E-state index in [0.29, 0.717) is 6.54 Å². The number of carbonyl (C=O) groups is 2. The van der Waals surface area contributed by atoms with Gasteiger partial charge in [-0.15, -0.1) is 0 Å². The number of benzene rings is 1. The third-order valence-corrected chi connectivity index (χ3v) is 5.15. The normalized spacial score (nSPS) is 17.1. The molecule has 1 aromatic heterocycles. The van der Waals surface area contributed by atoms with Gasteiger partial charge in [-0.05, 0) is 37.1 Å². The van der Waals surface area contributed by atoms with E-state index in [1.807, 2.05) is 42.1 Å². The van der Waals surface area contributed by atoms with Crippen LogP contribution in [-0.4, -0.2) is 38.9 Å². The van der Waals surface area contributed by atoms with Gasteiger partial charge in [0.2, 0.25) is 11.8 Å². The van der Waals surface area contributed by atoms with E-state index in [2.05, 4.69) is 10.3 Å². The van der Waals surface area contributed by atoms with E-state index in [9.17, 15) is 9.59 Å². The minimum atomic E-state index is -0.357. The molecule has 2 heterocycles. The highest BCUT2D eigenvalue weighted by Crippen LogP contribution is 2.27. The standard InChI is InChI=1S/C17H20N4O2S/c1-12(22)21-10-3-4-15(21)16(23)19-13-5-7-14(8-6-13)24-17-18-9-11-20(17)2/h5-9,11,15H,3-4,10H2,1-2H3,(H,19,23). The summed E-state index contributed by atoms with van der Waals surface area (Å²) in [6.45, 7) is 2.17. The Kier molecular flexibility index (Phi) is 4.89. The van der Waals surface area contributed by atoms with E-state index in [4.69, 9.17) is 0 Å². The molecule has 1 unspecified atom stereocenters. The van der Waals surface area contributed by atoms with Crippen LogP contribution in [0.1, 0.15) is 19.8 Å². The first-order chi connectivity index (χ1) is 11.5. The van der Waals surface area contributed by atoms with Crippen LogP contribution in [0.15, 0.2) is 46.7 Å². The molecule has 24 heavy (non-hydrogen) atoms. The summed E-state index contributed by atoms with van der Waals surface area (Å²) in [6.07, 6.45) is 5.26. The molecule has 126 valence electrons. The molecule has 1 atom stereocenters. The second-order valence-corrected chi connectivity index (χ2v) is 6.85. The number of imidazole rings is 1. The summed E-state index contributed by atoms with van der Waals surface area (Å²) in [5, 5.41) is 3.82. The molecular weight excluding hydrogens is 324 g/mol. The van der Waals surface area contributed by atoms with Gasteiger partial charge < -0.3 is 14.8 Å². The Bertz CT molecular complexity index is 741. The van der Waals surface area contributed by atoms with Crippen LogP contribution in [0.4, 0.5) is 5.69 Å². The summed E-state index contributed by atoms with van der Waals surface area (Å²) in [7, 11) is 1.95. The molecule has 0 bridgehead atoms. The first-order valence-electron chi connectivity index (χ1n) is 7.88. The van der Waals surface area contributed by atoms with Crippen molar-refractivity contribution >= 4 is 29.3 Å². The third kappa shape index (κ3) is 3.62. The maximum atomic E-state index is 12.4. The van der Waals surface area contributed by atoms with E-state index in [0.717, 1.165) is 28.6 Å². The molecule has 1 fully saturated rings. The molecule has 1 aliphatic heterocycles. The first kappa shape index (κ1) is 16.6. The SMILES string of the molecule is CC(=O)N1CCCC1C(=O)Nc1ccc(Sc2nccn2C)cc1. The zero-order valence-corrected chi connectivity index (χ0v) is 14.5. The molecule has 0 saturated carbocycles. The quantitative estimate of drug-likeness (QED) is 0.925. The van der Waals surface area contributed by atoms with Gasteiger partial charge in [-0.2, -0.15) is 0 Å². The summed E-state index contributed by atoms with van der Waals surface area (Å²) >= 11 is 1.56. The van der Waals surface area contributed by atoms with E-state index >= 15 is 0 Å². The van der Waals surface area contributed by atoms with Gasteiger partial charge in [-0.1, -0.05) is 11.8 Å². The zero-order valence-electron chi connectivity index (χ0n) is 13.7. The number of nitrogens with one attached hydrogen (secondary N) is 1. The van der Waals surface area contributed by atoms with Crippen LogP contribution in [0.5, 0.6) is 0 Å². The highest BCUT2D eigenvalue weighted by molar-refractivity contribution is 7.99. The van der Waals surface area contributed by atoms with Gasteiger partial charge >= 0.3 is 0 Å². The zero-order chi connectivity index (χ0) is 17.1. The Morgan fingerprint density at radius 1 is 1.29 bits per heavy atom. The second kappa shape index (κ2) is 7.09. The molecule has 3 rings (SSSR count). The molecule has 2 amide bonds. The van der Waals surface area contributed by atoms with Gasteiger partial charge in [0.15, 0.2) is 5.16 Å². The van der Waals surface area contributed by atoms with Crippen molar-refractivity contribution in [2.75, 3.05) is 11.9 Å². The largest absolute Gasteiger partial charge is 0.331 e. The lowest BCUT2D eigenvalue weighted by Crippen LogP contribution is -2.42. The lowest BCUT2D eigenvalue weighted by atomic mass is 10.2. The molecule has 0 aliphatic carbocycles. The van der Waals surface area contributed by atoms with Gasteiger partial charge in [-0.25, -0.2) is 4.98 Å². The van der Waals surface area contributed by atoms with Crippen LogP contribution < -0.4 is 5.32 Å². The van der Waals surface area contributed by atoms with Gasteiger partial charge in [-0.3, -0.25) is 9.59 Å². The van der Waals surface area contributed by atoms with Crippen LogP contribution in [-0.2, 0) is 16.6 Å². The maximum Gasteiger partial charge on any atom is 0.247 e. The van der Waals surface area contributed by atoms with Crippen molar-refractivity contribution < 1.29 is 9.59 Å². The molecule has 1 N–H and O–H groups in total. The molecule has 0 radical (unpaired) electrons. The van der Waals surface area contributed by atoms with E-state index in [-0.39, 0.29) is 17.9 Å². The van der Waals surface area contributed by atoms with Crippen LogP contribution >= 0.6 is 11.8 Å². The fraction of sp³-hybridized carbons (Fsp3) is 0.353. The average molecular weight is 344 g/mol. The van der Waals surface area contributed by atoms with Crippen molar-refractivity contribution in [1.29, 1.82) is 0 Å². The average Bonchev–Trinajstić information content (AvgIpc) is 3.19. The lowest BCUT2D eigenvalue weighted by molar-refractivity contribution is -0.134. The number of nitrogens with zero attached hydrogens (tertiary/aromatic N) is 3. The first-order valence-corrected chi connectivity index (χ1v) is 8.69. The number of hydrogen-bond donors (Lipinski definition) is 1. The smallest absolute Gasteiger partial charge is 0.247 e. The summed E-state index contributed by atoms with van der Waals surface area (Å²) in [5.41, 5.74) is 0.736. The van der Waals surface area contributed by atoms with Crippen LogP contribution in [0.25, 0.3) is 0 Å². The highest BCUT2D eigenvalue weighted by Gasteiger charge is 2.32. The fourth-order valence-electron chi connectivity index (χ4n) is 2.80. The number of likely N-dealkylation sites (tertiary alicyclic amines) is 1. The Labute approximate surface area is 145 Å². The van der Waals surface area contributed by atoms with Crippen molar-refractivity contribution in [2.24, 2.45) is 7.05 Å². The summed E-state index contributed by atoms with van der Waals surface area (Å²) < 4.78 is 1.96. The van der Waals surface area contributed by atoms with E-state index < -0.39 is 0 Å². The molecular formula is C17H20N4O2S. The summed E-state index contributed by atoms with van der Waals surface area (Å²) in [4.78, 5) is 30.9. The minimum absolute atomic E-state index is 0.0468. The van der Waals surface area contributed by atoms with Crippen molar-refractivity contribution in [2.45, 2.75) is 35.9 Å². The van der Waals surface area contributed by atoms with Crippen molar-refractivity contribution in [3.8, 4) is 0 Å². The number of carbonyl (C=O) groups excluding carboxylic acids is 2. The van der Waals surface area contributed by atoms with E-state index in [1.165, 1.54) is 6.92 Å². The molecule has 6 nitrogen and oxygen atoms in total. The topological polar surface area (TPSA) is 67.2 Å². The predicted molar refractivity (Wildman–Crippen MR) is 92.8 cm³/mol. The third-order valence-electron chi connectivity index (χ3n) is 4.07. The second-order valence-electron chi connectivity index (χ2n) is 5.81. The fourth-order valence-corrected chi connectivity index (χ4v) is 3.61. The number of aromatic nitrogens is 2. The summed E-state index contributed by atoms with van der Waals surface area (Å²) in [5.74, 6) is -0.165. The summed E-state index contributed by atoms with van der Waals surface area (Å²) in [6, 6.07) is 7.29. The molecule has 7 heteroatoms. The van der Waals surface area contributed by atoms with Gasteiger partial charge in [0, 0.05) is 43.5 Å². The predicted octanol–water partition coefficient (Wildman–Crippen LogP) is 2.52. The Morgan fingerprint density at radius 3 is 2.67 bits per heavy atom. The molecule has 1 aliphatic rings. The number of hydrogen-bond acceptors (Lipinski definition) is 4. The Balaban J connectivity index is 1.63. The van der Waals surface area contributed by atoms with Gasteiger partial charge in [0.25, 0.3) is 0 Å². The van der Waals surface area contributed by atoms with E-state index in [1.54, 1.807) is 22.9 Å². The molecule has 1 aromatic carbocycles. The molecule has 0 spiro atoms. The van der Waals surface area contributed by atoms with Gasteiger partial charge in [0.05, 0.1) is 0 Å². The Morgan fingerprint density at radius 2 is 2.04 bits per heavy atom. The number of amides is 2. The number of rotatable bonds is 4. The Hall–Kier alpha value is -2.28. The van der Waals surface area contributed by atoms with Crippen LogP contribution in [0, 0.1) is 0 Å². The van der Waals surface area contributed by atoms with Crippen LogP contribution in [0.2, 0.25) is 0 Å². The van der Waals surface area contributed by atoms with Gasteiger partial charge in [0.1, 0.15) is 6.04 Å². The number of aryl methyl sites for hydroxylation is 1. The van der Waals surface area contributed by atoms with Crippen molar-refractivity contribution in [1.82, 2.24) is 14.5 Å². The maximum absolute atomic E-state index is 12.4. The van der Waals surface area contributed by atoms with Crippen LogP contribution in [0.3, 0.4) is 0 Å². The monoisotopic (exact) mass is 344 g/mol. The highest BCUT2D eigenvalue weighted by atomic mass is 32.2. The molecule has 1 saturated heterocycles. The molecule has 2 aromatic rings. The lowest BCUT2D eigenvalue weighted by Gasteiger charge is -2.22. The number of anilines is 1.